The number of nitrogens with zero attached hydrogens (tertiary/aromatic N) is 4. The topological polar surface area (TPSA) is 184 Å². The number of hydrogen-bond acceptors (Lipinski definition) is 9. The van der Waals surface area contributed by atoms with Crippen molar-refractivity contribution in [3.8, 4) is 34.0 Å². The third-order valence-electron chi connectivity index (χ3n) is 12.2. The molecule has 3 aliphatic rings. The Morgan fingerprint density at radius 3 is 1.86 bits per heavy atom. The average Bonchev–Trinajstić information content (AvgIpc) is 4.09. The van der Waals surface area contributed by atoms with E-state index in [4.69, 9.17) is 35.8 Å². The van der Waals surface area contributed by atoms with Crippen LogP contribution in [-0.2, 0) is 25.5 Å². The van der Waals surface area contributed by atoms with E-state index in [1.807, 2.05) is 56.9 Å². The van der Waals surface area contributed by atoms with Gasteiger partial charge in [-0.05, 0) is 73.4 Å². The van der Waals surface area contributed by atoms with Crippen molar-refractivity contribution in [1.29, 1.82) is 0 Å². The smallest absolute Gasteiger partial charge is 0.407 e. The van der Waals surface area contributed by atoms with Gasteiger partial charge < -0.3 is 44.6 Å². The lowest BCUT2D eigenvalue weighted by atomic mass is 9.96. The van der Waals surface area contributed by atoms with Crippen molar-refractivity contribution >= 4 is 35.6 Å². The average molecular weight is 829 g/mol. The van der Waals surface area contributed by atoms with E-state index in [9.17, 15) is 19.2 Å². The van der Waals surface area contributed by atoms with E-state index in [2.05, 4.69) is 26.7 Å². The Labute approximate surface area is 348 Å². The first-order valence-corrected chi connectivity index (χ1v) is 20.9. The quantitative estimate of drug-likeness (QED) is 0.0980. The van der Waals surface area contributed by atoms with E-state index in [1.54, 1.807) is 17.3 Å². The SMILES string of the molecule is CC[C@H](C)[C@H](NC(=O)OC)C(=O)N1CCC[C@H]1c1ncc(-c2ccc3c(c2)Cc2cc(Cl)c(-c4cnc([C@@H]5CCCN5C(=O)[C@@H](NC(=O)OC)[C@@H](C)CC)[nH]4)cc2O3)[nH]1. The fourth-order valence-corrected chi connectivity index (χ4v) is 8.65. The molecule has 7 rings (SSSR count). The summed E-state index contributed by atoms with van der Waals surface area (Å²) in [7, 11) is 2.58. The summed E-state index contributed by atoms with van der Waals surface area (Å²) in [6, 6.07) is 7.93. The third-order valence-corrected chi connectivity index (χ3v) is 12.5. The number of H-pyrrole nitrogens is 2. The molecular weight excluding hydrogens is 776 g/mol. The Kier molecular flexibility index (Phi) is 12.5. The number of alkyl carbamates (subject to hydrolysis) is 2. The fraction of sp³-hybridized carbons (Fsp3) is 0.488. The van der Waals surface area contributed by atoms with Crippen LogP contribution in [0.4, 0.5) is 9.59 Å². The van der Waals surface area contributed by atoms with Crippen molar-refractivity contribution in [2.75, 3.05) is 27.3 Å². The maximum Gasteiger partial charge on any atom is 0.407 e. The number of carbonyl (C=O) groups excluding carboxylic acids is 4. The van der Waals surface area contributed by atoms with Gasteiger partial charge in [-0.2, -0.15) is 0 Å². The first-order valence-electron chi connectivity index (χ1n) is 20.5. The molecule has 0 radical (unpaired) electrons. The third kappa shape index (κ3) is 8.48. The lowest BCUT2D eigenvalue weighted by Gasteiger charge is -2.30. The van der Waals surface area contributed by atoms with Crippen LogP contribution < -0.4 is 15.4 Å². The first kappa shape index (κ1) is 41.6. The van der Waals surface area contributed by atoms with Gasteiger partial charge in [0.25, 0.3) is 0 Å². The lowest BCUT2D eigenvalue weighted by Crippen LogP contribution is -2.51. The zero-order valence-electron chi connectivity index (χ0n) is 34.4. The summed E-state index contributed by atoms with van der Waals surface area (Å²) in [5.74, 6) is 2.32. The molecule has 2 saturated heterocycles. The van der Waals surface area contributed by atoms with E-state index in [-0.39, 0.29) is 35.7 Å². The number of benzene rings is 2. The van der Waals surface area contributed by atoms with Gasteiger partial charge in [-0.3, -0.25) is 9.59 Å². The molecule has 314 valence electrons. The molecule has 0 saturated carbocycles. The van der Waals surface area contributed by atoms with Crippen molar-refractivity contribution in [1.82, 2.24) is 40.4 Å². The number of halogens is 1. The number of rotatable bonds is 12. The minimum Gasteiger partial charge on any atom is -0.457 e. The number of carbonyl (C=O) groups is 4. The number of hydrogen-bond donors (Lipinski definition) is 4. The number of amides is 4. The Morgan fingerprint density at radius 2 is 1.32 bits per heavy atom. The van der Waals surface area contributed by atoms with E-state index in [1.165, 1.54) is 14.2 Å². The van der Waals surface area contributed by atoms with Crippen LogP contribution in [0.1, 0.15) is 101 Å². The van der Waals surface area contributed by atoms with Crippen molar-refractivity contribution in [2.24, 2.45) is 11.8 Å². The summed E-state index contributed by atoms with van der Waals surface area (Å²) in [5.41, 5.74) is 5.11. The maximum absolute atomic E-state index is 13.8. The number of methoxy groups -OCH3 is 2. The molecule has 5 heterocycles. The predicted octanol–water partition coefficient (Wildman–Crippen LogP) is 7.69. The summed E-state index contributed by atoms with van der Waals surface area (Å²) < 4.78 is 16.1. The zero-order chi connectivity index (χ0) is 42.0. The number of imidazole rings is 2. The Bertz CT molecular complexity index is 2200. The van der Waals surface area contributed by atoms with Crippen LogP contribution in [-0.4, -0.2) is 93.1 Å². The molecule has 0 aliphatic carbocycles. The second-order valence-electron chi connectivity index (χ2n) is 15.8. The molecule has 0 spiro atoms. The summed E-state index contributed by atoms with van der Waals surface area (Å²) in [6.45, 7) is 9.00. The molecule has 6 atom stereocenters. The lowest BCUT2D eigenvalue weighted by molar-refractivity contribution is -0.136. The van der Waals surface area contributed by atoms with E-state index < -0.39 is 24.3 Å². The van der Waals surface area contributed by atoms with E-state index in [0.717, 1.165) is 65.8 Å². The molecule has 4 aromatic rings. The second kappa shape index (κ2) is 17.7. The van der Waals surface area contributed by atoms with Crippen molar-refractivity contribution in [2.45, 2.75) is 96.8 Å². The number of aromatic nitrogens is 4. The molecule has 2 fully saturated rings. The summed E-state index contributed by atoms with van der Waals surface area (Å²) in [4.78, 5) is 71.7. The second-order valence-corrected chi connectivity index (χ2v) is 16.2. The van der Waals surface area contributed by atoms with Crippen molar-refractivity contribution in [3.05, 3.63) is 70.5 Å². The van der Waals surface area contributed by atoms with Gasteiger partial charge in [-0.1, -0.05) is 52.1 Å². The predicted molar refractivity (Wildman–Crippen MR) is 221 cm³/mol. The van der Waals surface area contributed by atoms with Crippen LogP contribution in [0.2, 0.25) is 5.02 Å². The van der Waals surface area contributed by atoms with Crippen molar-refractivity contribution < 1.29 is 33.4 Å². The molecule has 0 bridgehead atoms. The standard InChI is InChI=1S/C43H53ClN8O7/c1-7-23(3)36(49-42(55)57-5)40(53)51-15-9-11-32(51)38-45-21-30(47-38)25-13-14-34-26(17-25)18-27-19-29(44)28(20-35(27)59-34)31-22-46-39(48-31)33-12-10-16-52(33)41(54)37(24(4)8-2)50-43(56)58-6/h13-14,17,19-24,32-33,36-37H,7-12,15-16,18H2,1-6H3,(H,45,47)(H,46,48)(H,49,55)(H,50,56)/t23-,24-,32-,33-,36-,37-/m0/s1. The molecule has 59 heavy (non-hydrogen) atoms. The molecule has 2 aromatic heterocycles. The van der Waals surface area contributed by atoms with E-state index >= 15 is 0 Å². The monoisotopic (exact) mass is 828 g/mol. The number of ether oxygens (including phenoxy) is 3. The molecule has 4 N–H and O–H groups in total. The van der Waals surface area contributed by atoms with Crippen LogP contribution in [0, 0.1) is 11.8 Å². The minimum absolute atomic E-state index is 0.0723. The summed E-state index contributed by atoms with van der Waals surface area (Å²) in [6.07, 6.45) is 7.42. The van der Waals surface area contributed by atoms with Crippen molar-refractivity contribution in [3.63, 3.8) is 0 Å². The van der Waals surface area contributed by atoms with Gasteiger partial charge in [0.05, 0.1) is 55.1 Å². The molecule has 2 aromatic carbocycles. The van der Waals surface area contributed by atoms with Gasteiger partial charge in [-0.25, -0.2) is 19.6 Å². The van der Waals surface area contributed by atoms with E-state index in [0.29, 0.717) is 54.0 Å². The van der Waals surface area contributed by atoms with Gasteiger partial charge in [-0.15, -0.1) is 0 Å². The minimum atomic E-state index is -0.711. The fourth-order valence-electron chi connectivity index (χ4n) is 8.36. The highest BCUT2D eigenvalue weighted by Crippen LogP contribution is 2.43. The Hall–Kier alpha value is -5.57. The van der Waals surface area contributed by atoms with Gasteiger partial charge in [0, 0.05) is 36.2 Å². The summed E-state index contributed by atoms with van der Waals surface area (Å²) in [5, 5.41) is 6.02. The highest BCUT2D eigenvalue weighted by Gasteiger charge is 2.40. The van der Waals surface area contributed by atoms with Crippen LogP contribution in [0.5, 0.6) is 11.5 Å². The molecule has 3 aliphatic heterocycles. The van der Waals surface area contributed by atoms with Crippen LogP contribution >= 0.6 is 11.6 Å². The first-order chi connectivity index (χ1) is 28.4. The number of nitrogens with one attached hydrogen (secondary N) is 4. The highest BCUT2D eigenvalue weighted by molar-refractivity contribution is 6.33. The van der Waals surface area contributed by atoms with Gasteiger partial charge >= 0.3 is 12.2 Å². The van der Waals surface area contributed by atoms with Gasteiger partial charge in [0.15, 0.2) is 0 Å². The largest absolute Gasteiger partial charge is 0.457 e. The normalized spacial score (nSPS) is 19.2. The molecule has 0 unspecified atom stereocenters. The molecule has 15 nitrogen and oxygen atoms in total. The van der Waals surface area contributed by atoms with Crippen LogP contribution in [0.15, 0.2) is 42.7 Å². The highest BCUT2D eigenvalue weighted by atomic mass is 35.5. The Balaban J connectivity index is 1.06. The van der Waals surface area contributed by atoms with Gasteiger partial charge in [0.1, 0.15) is 35.2 Å². The molecule has 4 amide bonds. The van der Waals surface area contributed by atoms with Gasteiger partial charge in [0.2, 0.25) is 11.8 Å². The zero-order valence-corrected chi connectivity index (χ0v) is 35.2. The van der Waals surface area contributed by atoms with Crippen LogP contribution in [0.25, 0.3) is 22.5 Å². The number of fused-ring (bicyclic) bond motifs is 2. The maximum atomic E-state index is 13.8. The number of likely N-dealkylation sites (tertiary alicyclic amines) is 2. The molecule has 16 heteroatoms. The van der Waals surface area contributed by atoms with Crippen LogP contribution in [0.3, 0.4) is 0 Å². The summed E-state index contributed by atoms with van der Waals surface area (Å²) >= 11 is 6.94. The number of aromatic amines is 2. The Morgan fingerprint density at radius 1 is 0.797 bits per heavy atom. The molecular formula is C43H53ClN8O7.